The van der Waals surface area contributed by atoms with Crippen LogP contribution in [0, 0.1) is 10.1 Å². The highest BCUT2D eigenvalue weighted by Crippen LogP contribution is 2.15. The fraction of sp³-hybridized carbons (Fsp3) is 0.267. The number of ether oxygens (including phenoxy) is 1. The lowest BCUT2D eigenvalue weighted by Gasteiger charge is -2.21. The highest BCUT2D eigenvalue weighted by molar-refractivity contribution is 5.97. The number of anilines is 1. The van der Waals surface area contributed by atoms with Crippen LogP contribution in [0.3, 0.4) is 0 Å². The quantitative estimate of drug-likeness (QED) is 0.431. The van der Waals surface area contributed by atoms with Gasteiger partial charge in [-0.2, -0.15) is 0 Å². The summed E-state index contributed by atoms with van der Waals surface area (Å²) in [6, 6.07) is 8.64. The van der Waals surface area contributed by atoms with Gasteiger partial charge in [-0.3, -0.25) is 14.5 Å². The molecular weight excluding hydrogens is 316 g/mol. The zero-order valence-electron chi connectivity index (χ0n) is 13.0. The van der Waals surface area contributed by atoms with Gasteiger partial charge in [-0.1, -0.05) is 18.2 Å². The Bertz CT molecular complexity index is 728. The number of carbonyl (C=O) groups is 2. The average molecular weight is 332 g/mol. The lowest BCUT2D eigenvalue weighted by molar-refractivity contribution is -0.389. The van der Waals surface area contributed by atoms with Gasteiger partial charge < -0.3 is 19.4 Å². The van der Waals surface area contributed by atoms with Crippen molar-refractivity contribution in [2.45, 2.75) is 13.5 Å². The SMILES string of the molecule is CCOC(=O)CN(C(=O)Cn1cnc([N+](=O)[O-])c1)c1ccccc1. The summed E-state index contributed by atoms with van der Waals surface area (Å²) in [5.74, 6) is -1.30. The molecule has 2 rings (SSSR count). The third kappa shape index (κ3) is 4.38. The Morgan fingerprint density at radius 3 is 2.62 bits per heavy atom. The Morgan fingerprint density at radius 2 is 2.04 bits per heavy atom. The highest BCUT2D eigenvalue weighted by Gasteiger charge is 2.21. The van der Waals surface area contributed by atoms with E-state index in [0.29, 0.717) is 5.69 Å². The van der Waals surface area contributed by atoms with E-state index in [1.165, 1.54) is 15.8 Å². The number of esters is 1. The third-order valence-corrected chi connectivity index (χ3v) is 3.09. The molecule has 24 heavy (non-hydrogen) atoms. The van der Waals surface area contributed by atoms with Crippen LogP contribution in [0.2, 0.25) is 0 Å². The molecule has 0 fully saturated rings. The van der Waals surface area contributed by atoms with Crippen molar-refractivity contribution < 1.29 is 19.2 Å². The first-order chi connectivity index (χ1) is 11.5. The Labute approximate surface area is 137 Å². The van der Waals surface area contributed by atoms with E-state index in [1.54, 1.807) is 37.3 Å². The summed E-state index contributed by atoms with van der Waals surface area (Å²) >= 11 is 0. The van der Waals surface area contributed by atoms with Crippen molar-refractivity contribution in [2.24, 2.45) is 0 Å². The summed E-state index contributed by atoms with van der Waals surface area (Å²) in [6.45, 7) is 1.46. The Morgan fingerprint density at radius 1 is 1.33 bits per heavy atom. The molecule has 0 aliphatic carbocycles. The second-order valence-corrected chi connectivity index (χ2v) is 4.78. The van der Waals surface area contributed by atoms with Crippen molar-refractivity contribution >= 4 is 23.4 Å². The van der Waals surface area contributed by atoms with Crippen molar-refractivity contribution in [3.8, 4) is 0 Å². The summed E-state index contributed by atoms with van der Waals surface area (Å²) in [4.78, 5) is 39.1. The molecular formula is C15H16N4O5. The summed E-state index contributed by atoms with van der Waals surface area (Å²) in [5, 5.41) is 10.6. The first-order valence-electron chi connectivity index (χ1n) is 7.18. The molecule has 1 aromatic heterocycles. The molecule has 0 radical (unpaired) electrons. The molecule has 0 aliphatic heterocycles. The number of para-hydroxylation sites is 1. The van der Waals surface area contributed by atoms with E-state index >= 15 is 0 Å². The average Bonchev–Trinajstić information content (AvgIpc) is 3.02. The van der Waals surface area contributed by atoms with Crippen LogP contribution in [-0.2, 0) is 20.9 Å². The first-order valence-corrected chi connectivity index (χ1v) is 7.18. The van der Waals surface area contributed by atoms with Crippen molar-refractivity contribution in [1.82, 2.24) is 9.55 Å². The van der Waals surface area contributed by atoms with E-state index < -0.39 is 16.8 Å². The van der Waals surface area contributed by atoms with Crippen molar-refractivity contribution in [3.63, 3.8) is 0 Å². The van der Waals surface area contributed by atoms with Crippen LogP contribution in [0.1, 0.15) is 6.92 Å². The molecule has 9 nitrogen and oxygen atoms in total. The van der Waals surface area contributed by atoms with Crippen LogP contribution >= 0.6 is 0 Å². The highest BCUT2D eigenvalue weighted by atomic mass is 16.6. The topological polar surface area (TPSA) is 108 Å². The minimum absolute atomic E-state index is 0.185. The molecule has 0 spiro atoms. The molecule has 1 aromatic carbocycles. The Balaban J connectivity index is 2.17. The van der Waals surface area contributed by atoms with Gasteiger partial charge in [0.25, 0.3) is 0 Å². The van der Waals surface area contributed by atoms with Gasteiger partial charge in [0.1, 0.15) is 19.3 Å². The third-order valence-electron chi connectivity index (χ3n) is 3.09. The number of hydrogen-bond acceptors (Lipinski definition) is 6. The number of rotatable bonds is 7. The van der Waals surface area contributed by atoms with Gasteiger partial charge in [0.15, 0.2) is 0 Å². The molecule has 0 N–H and O–H groups in total. The number of imidazole rings is 1. The van der Waals surface area contributed by atoms with Crippen LogP contribution in [0.25, 0.3) is 0 Å². The van der Waals surface area contributed by atoms with E-state index in [9.17, 15) is 19.7 Å². The second kappa shape index (κ2) is 7.86. The minimum atomic E-state index is -0.644. The van der Waals surface area contributed by atoms with E-state index in [2.05, 4.69) is 4.98 Å². The van der Waals surface area contributed by atoms with Crippen LogP contribution in [0.4, 0.5) is 11.5 Å². The summed E-state index contributed by atoms with van der Waals surface area (Å²) in [7, 11) is 0. The van der Waals surface area contributed by atoms with Gasteiger partial charge >= 0.3 is 11.8 Å². The van der Waals surface area contributed by atoms with Gasteiger partial charge in [-0.15, -0.1) is 0 Å². The van der Waals surface area contributed by atoms with Crippen LogP contribution in [-0.4, -0.2) is 39.5 Å². The van der Waals surface area contributed by atoms with Crippen molar-refractivity contribution in [2.75, 3.05) is 18.1 Å². The summed E-state index contributed by atoms with van der Waals surface area (Å²) in [6.07, 6.45) is 2.36. The maximum atomic E-state index is 12.5. The zero-order chi connectivity index (χ0) is 17.5. The molecule has 2 aromatic rings. The Kier molecular flexibility index (Phi) is 5.61. The van der Waals surface area contributed by atoms with Gasteiger partial charge in [0.2, 0.25) is 12.2 Å². The number of nitrogens with zero attached hydrogens (tertiary/aromatic N) is 4. The molecule has 0 saturated heterocycles. The van der Waals surface area contributed by atoms with Gasteiger partial charge in [0, 0.05) is 5.69 Å². The fourth-order valence-electron chi connectivity index (χ4n) is 2.04. The first kappa shape index (κ1) is 17.1. The predicted octanol–water partition coefficient (Wildman–Crippen LogP) is 1.39. The fourth-order valence-corrected chi connectivity index (χ4v) is 2.04. The molecule has 0 atom stereocenters. The number of hydrogen-bond donors (Lipinski definition) is 0. The monoisotopic (exact) mass is 332 g/mol. The molecule has 0 saturated carbocycles. The molecule has 0 unspecified atom stereocenters. The molecule has 9 heteroatoms. The summed E-state index contributed by atoms with van der Waals surface area (Å²) in [5.41, 5.74) is 0.533. The standard InChI is InChI=1S/C15H16N4O5/c1-2-24-15(21)10-18(12-6-4-3-5-7-12)14(20)9-17-8-13(16-11-17)19(22)23/h3-8,11H,2,9-10H2,1H3. The number of nitro groups is 1. The number of aromatic nitrogens is 2. The predicted molar refractivity (Wildman–Crippen MR) is 84.3 cm³/mol. The molecule has 126 valence electrons. The van der Waals surface area contributed by atoms with Crippen LogP contribution < -0.4 is 4.90 Å². The Hall–Kier alpha value is -3.23. The second-order valence-electron chi connectivity index (χ2n) is 4.78. The van der Waals surface area contributed by atoms with E-state index in [4.69, 9.17) is 4.74 Å². The number of benzene rings is 1. The largest absolute Gasteiger partial charge is 0.465 e. The number of carbonyl (C=O) groups excluding carboxylic acids is 2. The molecule has 1 amide bonds. The zero-order valence-corrected chi connectivity index (χ0v) is 13.0. The van der Waals surface area contributed by atoms with Gasteiger partial charge in [-0.05, 0) is 29.0 Å². The minimum Gasteiger partial charge on any atom is -0.465 e. The van der Waals surface area contributed by atoms with Crippen LogP contribution in [0.15, 0.2) is 42.9 Å². The van der Waals surface area contributed by atoms with Crippen LogP contribution in [0.5, 0.6) is 0 Å². The van der Waals surface area contributed by atoms with E-state index in [0.717, 1.165) is 6.20 Å². The van der Waals surface area contributed by atoms with Gasteiger partial charge in [-0.25, -0.2) is 0 Å². The maximum absolute atomic E-state index is 12.5. The normalized spacial score (nSPS) is 10.2. The van der Waals surface area contributed by atoms with Gasteiger partial charge in [0.05, 0.1) is 6.61 Å². The molecule has 0 bridgehead atoms. The maximum Gasteiger partial charge on any atom is 0.381 e. The lowest BCUT2D eigenvalue weighted by atomic mass is 10.2. The van der Waals surface area contributed by atoms with E-state index in [1.807, 2.05) is 0 Å². The summed E-state index contributed by atoms with van der Waals surface area (Å²) < 4.78 is 6.18. The lowest BCUT2D eigenvalue weighted by Crippen LogP contribution is -2.38. The molecule has 1 heterocycles. The van der Waals surface area contributed by atoms with E-state index in [-0.39, 0.29) is 25.5 Å². The van der Waals surface area contributed by atoms with Crippen molar-refractivity contribution in [1.29, 1.82) is 0 Å². The molecule has 0 aliphatic rings. The van der Waals surface area contributed by atoms with Crippen molar-refractivity contribution in [3.05, 3.63) is 53.0 Å². The number of amides is 1. The smallest absolute Gasteiger partial charge is 0.381 e.